The molecule has 0 amide bonds. The first-order chi connectivity index (χ1) is 8.31. The van der Waals surface area contributed by atoms with Gasteiger partial charge in [0.2, 0.25) is 0 Å². The number of carbonyl (C=O) groups excluding carboxylic acids is 2. The second-order valence-electron chi connectivity index (χ2n) is 4.95. The van der Waals surface area contributed by atoms with Crippen LogP contribution in [0.5, 0.6) is 0 Å². The Balaban J connectivity index is 4.33. The molecule has 0 saturated heterocycles. The van der Waals surface area contributed by atoms with Crippen molar-refractivity contribution in [2.75, 3.05) is 26.3 Å². The highest BCUT2D eigenvalue weighted by molar-refractivity contribution is 5.72. The third kappa shape index (κ3) is 7.27. The van der Waals surface area contributed by atoms with E-state index >= 15 is 0 Å². The number of ether oxygens (including phenoxy) is 2. The van der Waals surface area contributed by atoms with Gasteiger partial charge in [-0.05, 0) is 34.6 Å². The van der Waals surface area contributed by atoms with Gasteiger partial charge in [-0.1, -0.05) is 0 Å². The van der Waals surface area contributed by atoms with E-state index in [1.54, 1.807) is 13.8 Å². The van der Waals surface area contributed by atoms with Gasteiger partial charge in [-0.25, -0.2) is 0 Å². The van der Waals surface area contributed by atoms with Crippen LogP contribution in [0.25, 0.3) is 0 Å². The van der Waals surface area contributed by atoms with Crippen LogP contribution in [-0.4, -0.2) is 48.7 Å². The summed E-state index contributed by atoms with van der Waals surface area (Å²) in [6.45, 7) is 11.0. The largest absolute Gasteiger partial charge is 0.466 e. The summed E-state index contributed by atoms with van der Waals surface area (Å²) in [5.41, 5.74) is -0.195. The summed E-state index contributed by atoms with van der Waals surface area (Å²) in [7, 11) is 0. The third-order valence-electron chi connectivity index (χ3n) is 2.47. The van der Waals surface area contributed by atoms with E-state index in [-0.39, 0.29) is 30.4 Å². The van der Waals surface area contributed by atoms with E-state index in [2.05, 4.69) is 0 Å². The third-order valence-corrected chi connectivity index (χ3v) is 2.47. The van der Waals surface area contributed by atoms with Crippen molar-refractivity contribution >= 4 is 11.9 Å². The quantitative estimate of drug-likeness (QED) is 0.650. The van der Waals surface area contributed by atoms with E-state index in [1.807, 2.05) is 25.7 Å². The number of nitrogens with zero attached hydrogens (tertiary/aromatic N) is 1. The van der Waals surface area contributed by atoms with E-state index in [4.69, 9.17) is 9.47 Å². The smallest absolute Gasteiger partial charge is 0.320 e. The molecule has 0 rings (SSSR count). The van der Waals surface area contributed by atoms with Gasteiger partial charge in [-0.15, -0.1) is 0 Å². The Labute approximate surface area is 109 Å². The molecule has 0 unspecified atom stereocenters. The summed E-state index contributed by atoms with van der Waals surface area (Å²) in [6.07, 6.45) is 0.282. The highest BCUT2D eigenvalue weighted by Crippen LogP contribution is 2.13. The first kappa shape index (κ1) is 16.9. The average molecular weight is 259 g/mol. The summed E-state index contributed by atoms with van der Waals surface area (Å²) >= 11 is 0. The zero-order valence-electron chi connectivity index (χ0n) is 12.1. The van der Waals surface area contributed by atoms with Gasteiger partial charge in [0.15, 0.2) is 0 Å². The van der Waals surface area contributed by atoms with E-state index in [1.165, 1.54) is 0 Å². The molecule has 18 heavy (non-hydrogen) atoms. The van der Waals surface area contributed by atoms with Gasteiger partial charge in [0.05, 0.1) is 26.2 Å². The molecule has 0 aliphatic carbocycles. The molecule has 5 nitrogen and oxygen atoms in total. The summed E-state index contributed by atoms with van der Waals surface area (Å²) in [5.74, 6) is -0.508. The standard InChI is InChI=1S/C13H25NO4/c1-6-17-11(15)8-9-14(13(3,4)5)10-12(16)18-7-2/h6-10H2,1-5H3. The highest BCUT2D eigenvalue weighted by atomic mass is 16.5. The second-order valence-corrected chi connectivity index (χ2v) is 4.95. The first-order valence-electron chi connectivity index (χ1n) is 6.37. The van der Waals surface area contributed by atoms with Crippen molar-refractivity contribution < 1.29 is 19.1 Å². The minimum absolute atomic E-state index is 0.191. The van der Waals surface area contributed by atoms with E-state index < -0.39 is 0 Å². The van der Waals surface area contributed by atoms with Gasteiger partial charge in [-0.3, -0.25) is 14.5 Å². The topological polar surface area (TPSA) is 55.8 Å². The van der Waals surface area contributed by atoms with Gasteiger partial charge in [0.25, 0.3) is 0 Å². The summed E-state index contributed by atoms with van der Waals surface area (Å²) < 4.78 is 9.80. The Hall–Kier alpha value is -1.10. The normalized spacial score (nSPS) is 11.4. The lowest BCUT2D eigenvalue weighted by Crippen LogP contribution is -2.45. The van der Waals surface area contributed by atoms with Gasteiger partial charge in [-0.2, -0.15) is 0 Å². The molecule has 0 radical (unpaired) electrons. The van der Waals surface area contributed by atoms with Crippen LogP contribution < -0.4 is 0 Å². The van der Waals surface area contributed by atoms with E-state index in [0.717, 1.165) is 0 Å². The number of rotatable bonds is 7. The SMILES string of the molecule is CCOC(=O)CCN(CC(=O)OCC)C(C)(C)C. The monoisotopic (exact) mass is 259 g/mol. The lowest BCUT2D eigenvalue weighted by molar-refractivity contribution is -0.148. The van der Waals surface area contributed by atoms with Crippen molar-refractivity contribution in [3.8, 4) is 0 Å². The highest BCUT2D eigenvalue weighted by Gasteiger charge is 2.24. The Kier molecular flexibility index (Phi) is 7.59. The van der Waals surface area contributed by atoms with E-state index in [9.17, 15) is 9.59 Å². The van der Waals surface area contributed by atoms with Crippen LogP contribution in [0.4, 0.5) is 0 Å². The molecule has 0 N–H and O–H groups in total. The number of esters is 2. The van der Waals surface area contributed by atoms with Crippen LogP contribution in [0.15, 0.2) is 0 Å². The fourth-order valence-electron chi connectivity index (χ4n) is 1.47. The zero-order valence-corrected chi connectivity index (χ0v) is 12.1. The van der Waals surface area contributed by atoms with Crippen LogP contribution in [0, 0.1) is 0 Å². The molecule has 0 heterocycles. The van der Waals surface area contributed by atoms with Gasteiger partial charge >= 0.3 is 11.9 Å². The lowest BCUT2D eigenvalue weighted by Gasteiger charge is -2.34. The molecule has 106 valence electrons. The van der Waals surface area contributed by atoms with Crippen molar-refractivity contribution in [2.45, 2.75) is 46.6 Å². The number of hydrogen-bond donors (Lipinski definition) is 0. The van der Waals surface area contributed by atoms with Gasteiger partial charge < -0.3 is 9.47 Å². The Morgan fingerprint density at radius 3 is 1.94 bits per heavy atom. The van der Waals surface area contributed by atoms with Crippen LogP contribution in [-0.2, 0) is 19.1 Å². The maximum Gasteiger partial charge on any atom is 0.320 e. The average Bonchev–Trinajstić information content (AvgIpc) is 2.23. The molecular formula is C13H25NO4. The molecule has 0 spiro atoms. The van der Waals surface area contributed by atoms with Gasteiger partial charge in [0.1, 0.15) is 0 Å². The molecule has 0 atom stereocenters. The fraction of sp³-hybridized carbons (Fsp3) is 0.846. The van der Waals surface area contributed by atoms with Crippen molar-refractivity contribution in [2.24, 2.45) is 0 Å². The molecule has 0 aromatic carbocycles. The van der Waals surface area contributed by atoms with Crippen molar-refractivity contribution in [3.05, 3.63) is 0 Å². The summed E-state index contributed by atoms with van der Waals surface area (Å²) in [6, 6.07) is 0. The molecule has 0 saturated carbocycles. The molecule has 0 bridgehead atoms. The van der Waals surface area contributed by atoms with Crippen molar-refractivity contribution in [3.63, 3.8) is 0 Å². The minimum atomic E-state index is -0.267. The van der Waals surface area contributed by atoms with Crippen LogP contribution in [0.3, 0.4) is 0 Å². The fourth-order valence-corrected chi connectivity index (χ4v) is 1.47. The minimum Gasteiger partial charge on any atom is -0.466 e. The van der Waals surface area contributed by atoms with E-state index in [0.29, 0.717) is 19.8 Å². The number of hydrogen-bond acceptors (Lipinski definition) is 5. The molecule has 5 heteroatoms. The number of carbonyl (C=O) groups is 2. The Morgan fingerprint density at radius 2 is 1.50 bits per heavy atom. The molecule has 0 aromatic rings. The maximum atomic E-state index is 11.5. The zero-order chi connectivity index (χ0) is 14.2. The molecular weight excluding hydrogens is 234 g/mol. The second kappa shape index (κ2) is 8.08. The van der Waals surface area contributed by atoms with Crippen LogP contribution >= 0.6 is 0 Å². The van der Waals surface area contributed by atoms with Crippen molar-refractivity contribution in [1.82, 2.24) is 4.90 Å². The van der Waals surface area contributed by atoms with Crippen LogP contribution in [0.1, 0.15) is 41.0 Å². The first-order valence-corrected chi connectivity index (χ1v) is 6.37. The van der Waals surface area contributed by atoms with Crippen molar-refractivity contribution in [1.29, 1.82) is 0 Å². The van der Waals surface area contributed by atoms with Crippen LogP contribution in [0.2, 0.25) is 0 Å². The molecule has 0 aromatic heterocycles. The lowest BCUT2D eigenvalue weighted by atomic mass is 10.1. The molecule has 0 aliphatic rings. The molecule has 0 fully saturated rings. The molecule has 0 aliphatic heterocycles. The van der Waals surface area contributed by atoms with Gasteiger partial charge in [0, 0.05) is 12.1 Å². The Morgan fingerprint density at radius 1 is 1.00 bits per heavy atom. The summed E-state index contributed by atoms with van der Waals surface area (Å²) in [5, 5.41) is 0. The Bertz CT molecular complexity index is 271. The maximum absolute atomic E-state index is 11.5. The predicted octanol–water partition coefficient (Wildman–Crippen LogP) is 1.60. The predicted molar refractivity (Wildman–Crippen MR) is 69.2 cm³/mol. The summed E-state index contributed by atoms with van der Waals surface area (Å²) in [4.78, 5) is 24.7.